The van der Waals surface area contributed by atoms with E-state index in [1.54, 1.807) is 0 Å². The van der Waals surface area contributed by atoms with Gasteiger partial charge in [-0.3, -0.25) is 4.79 Å². The van der Waals surface area contributed by atoms with E-state index >= 15 is 0 Å². The molecule has 0 bridgehead atoms. The molecule has 4 rings (SSSR count). The van der Waals surface area contributed by atoms with Crippen molar-refractivity contribution in [1.82, 2.24) is 5.32 Å². The van der Waals surface area contributed by atoms with Crippen LogP contribution in [0.4, 0.5) is 5.69 Å². The van der Waals surface area contributed by atoms with Crippen LogP contribution in [0.3, 0.4) is 0 Å². The van der Waals surface area contributed by atoms with Crippen molar-refractivity contribution in [3.05, 3.63) is 55.4 Å². The van der Waals surface area contributed by atoms with Crippen molar-refractivity contribution in [2.45, 2.75) is 46.1 Å². The van der Waals surface area contributed by atoms with Crippen molar-refractivity contribution >= 4 is 27.5 Å². The Balaban J connectivity index is 1.56. The molecule has 0 aliphatic carbocycles. The molecule has 180 valence electrons. The summed E-state index contributed by atoms with van der Waals surface area (Å²) in [6, 6.07) is 4.37. The maximum Gasteiger partial charge on any atom is 0.252 e. The monoisotopic (exact) mass is 519 g/mol. The molecular formula is C25H34BrN3O4. The zero-order valence-electron chi connectivity index (χ0n) is 19.8. The van der Waals surface area contributed by atoms with Gasteiger partial charge in [0.25, 0.3) is 5.91 Å². The summed E-state index contributed by atoms with van der Waals surface area (Å²) in [5.41, 5.74) is 6.68. The van der Waals surface area contributed by atoms with Gasteiger partial charge in [0.15, 0.2) is 0 Å². The summed E-state index contributed by atoms with van der Waals surface area (Å²) in [6.07, 6.45) is 2.80. The number of ether oxygens (including phenoxy) is 2. The van der Waals surface area contributed by atoms with Gasteiger partial charge >= 0.3 is 0 Å². The second kappa shape index (κ2) is 10.7. The molecule has 2 saturated heterocycles. The molecular weight excluding hydrogens is 486 g/mol. The fourth-order valence-corrected chi connectivity index (χ4v) is 5.68. The SMILES string of the molecule is CCN(c1cc(Br)cc(C(=O)NCC2=C3COCCC3=C(C)C[NH+]2[O-])c1C)C1CCOCC1. The molecule has 0 radical (unpaired) electrons. The second-order valence-electron chi connectivity index (χ2n) is 9.03. The van der Waals surface area contributed by atoms with E-state index in [1.165, 1.54) is 5.57 Å². The number of nitrogens with one attached hydrogen (secondary N) is 2. The molecule has 1 atom stereocenters. The summed E-state index contributed by atoms with van der Waals surface area (Å²) in [7, 11) is 0. The van der Waals surface area contributed by atoms with Gasteiger partial charge in [-0.1, -0.05) is 15.9 Å². The first-order valence-corrected chi connectivity index (χ1v) is 12.6. The minimum Gasteiger partial charge on any atom is -0.629 e. The van der Waals surface area contributed by atoms with E-state index in [0.717, 1.165) is 65.9 Å². The van der Waals surface area contributed by atoms with E-state index in [-0.39, 0.29) is 17.5 Å². The molecule has 8 heteroatoms. The molecule has 33 heavy (non-hydrogen) atoms. The van der Waals surface area contributed by atoms with Gasteiger partial charge < -0.3 is 30.0 Å². The molecule has 0 spiro atoms. The van der Waals surface area contributed by atoms with Crippen molar-refractivity contribution in [2.75, 3.05) is 51.0 Å². The van der Waals surface area contributed by atoms with Crippen molar-refractivity contribution in [2.24, 2.45) is 0 Å². The van der Waals surface area contributed by atoms with E-state index < -0.39 is 0 Å². The number of rotatable bonds is 6. The highest BCUT2D eigenvalue weighted by Crippen LogP contribution is 2.32. The van der Waals surface area contributed by atoms with Gasteiger partial charge in [-0.25, -0.2) is 0 Å². The van der Waals surface area contributed by atoms with Crippen LogP contribution in [0.2, 0.25) is 0 Å². The Morgan fingerprint density at radius 2 is 1.97 bits per heavy atom. The highest BCUT2D eigenvalue weighted by atomic mass is 79.9. The molecule has 7 nitrogen and oxygen atoms in total. The molecule has 1 aromatic carbocycles. The number of carbonyl (C=O) groups is 1. The third-order valence-electron chi connectivity index (χ3n) is 7.05. The number of hydrogen-bond donors (Lipinski definition) is 2. The van der Waals surface area contributed by atoms with Gasteiger partial charge in [0, 0.05) is 47.1 Å². The minimum absolute atomic E-state index is 0.0837. The summed E-state index contributed by atoms with van der Waals surface area (Å²) in [4.78, 5) is 15.7. The highest BCUT2D eigenvalue weighted by molar-refractivity contribution is 9.10. The summed E-state index contributed by atoms with van der Waals surface area (Å²) in [5.74, 6) is -0.163. The fourth-order valence-electron chi connectivity index (χ4n) is 5.24. The molecule has 0 saturated carbocycles. The first-order valence-electron chi connectivity index (χ1n) is 11.8. The quantitative estimate of drug-likeness (QED) is 0.565. The topological polar surface area (TPSA) is 78.3 Å². The average molecular weight is 520 g/mol. The number of hydroxylamine groups is 2. The summed E-state index contributed by atoms with van der Waals surface area (Å²) < 4.78 is 12.0. The minimum atomic E-state index is -0.163. The predicted octanol–water partition coefficient (Wildman–Crippen LogP) is 2.88. The van der Waals surface area contributed by atoms with E-state index in [2.05, 4.69) is 39.1 Å². The zero-order chi connectivity index (χ0) is 23.5. The van der Waals surface area contributed by atoms with Crippen LogP contribution in [-0.2, 0) is 9.47 Å². The fraction of sp³-hybridized carbons (Fsp3) is 0.560. The summed E-state index contributed by atoms with van der Waals surface area (Å²) >= 11 is 3.61. The van der Waals surface area contributed by atoms with Crippen LogP contribution < -0.4 is 15.3 Å². The van der Waals surface area contributed by atoms with E-state index in [4.69, 9.17) is 9.47 Å². The van der Waals surface area contributed by atoms with E-state index in [1.807, 2.05) is 19.9 Å². The summed E-state index contributed by atoms with van der Waals surface area (Å²) in [5, 5.41) is 15.9. The molecule has 3 aliphatic heterocycles. The van der Waals surface area contributed by atoms with Crippen LogP contribution in [-0.4, -0.2) is 58.0 Å². The smallest absolute Gasteiger partial charge is 0.252 e. The van der Waals surface area contributed by atoms with Crippen molar-refractivity contribution in [1.29, 1.82) is 0 Å². The van der Waals surface area contributed by atoms with Crippen LogP contribution in [0.5, 0.6) is 0 Å². The van der Waals surface area contributed by atoms with Gasteiger partial charge in [-0.2, -0.15) is 0 Å². The molecule has 1 amide bonds. The molecule has 1 aromatic rings. The molecule has 3 aliphatic rings. The number of quaternary nitrogens is 1. The molecule has 1 unspecified atom stereocenters. The summed E-state index contributed by atoms with van der Waals surface area (Å²) in [6.45, 7) is 10.4. The Hall–Kier alpha value is -1.71. The van der Waals surface area contributed by atoms with Crippen molar-refractivity contribution in [3.8, 4) is 0 Å². The Morgan fingerprint density at radius 3 is 2.70 bits per heavy atom. The largest absolute Gasteiger partial charge is 0.629 e. The van der Waals surface area contributed by atoms with Crippen LogP contribution in [0.15, 0.2) is 39.0 Å². The highest BCUT2D eigenvalue weighted by Gasteiger charge is 2.29. The van der Waals surface area contributed by atoms with E-state index in [9.17, 15) is 10.0 Å². The van der Waals surface area contributed by atoms with Crippen LogP contribution in [0.25, 0.3) is 0 Å². The number of anilines is 1. The van der Waals surface area contributed by atoms with Gasteiger partial charge in [0.05, 0.1) is 19.8 Å². The normalized spacial score (nSPS) is 21.8. The number of carbonyl (C=O) groups excluding carboxylic acids is 1. The van der Waals surface area contributed by atoms with E-state index in [0.29, 0.717) is 37.1 Å². The standard InChI is InChI=1S/C25H34BrN3O4/c1-4-28(19-5-8-32-9-6-19)23-12-18(26)11-21(17(23)3)25(30)27-13-24-22-15-33-10-7-20(22)16(2)14-29(24)31/h11-12,19,29H,4-10,13-15H2,1-3H3,(H,27,30). The van der Waals surface area contributed by atoms with Gasteiger partial charge in [-0.05, 0) is 68.9 Å². The Morgan fingerprint density at radius 1 is 1.21 bits per heavy atom. The number of benzene rings is 1. The van der Waals surface area contributed by atoms with Gasteiger partial charge in [0.2, 0.25) is 0 Å². The van der Waals surface area contributed by atoms with Crippen molar-refractivity contribution in [3.63, 3.8) is 0 Å². The molecule has 2 N–H and O–H groups in total. The van der Waals surface area contributed by atoms with Gasteiger partial charge in [-0.15, -0.1) is 0 Å². The number of halogens is 1. The first-order chi connectivity index (χ1) is 15.9. The van der Waals surface area contributed by atoms with Gasteiger partial charge in [0.1, 0.15) is 12.2 Å². The number of nitrogens with zero attached hydrogens (tertiary/aromatic N) is 1. The number of fused-ring (bicyclic) bond motifs is 1. The predicted molar refractivity (Wildman–Crippen MR) is 132 cm³/mol. The van der Waals surface area contributed by atoms with Crippen LogP contribution in [0, 0.1) is 12.1 Å². The lowest BCUT2D eigenvalue weighted by atomic mass is 9.91. The first kappa shape index (κ1) is 24.4. The maximum atomic E-state index is 13.3. The zero-order valence-corrected chi connectivity index (χ0v) is 21.3. The van der Waals surface area contributed by atoms with Crippen LogP contribution in [0.1, 0.15) is 49.0 Å². The van der Waals surface area contributed by atoms with Crippen molar-refractivity contribution < 1.29 is 19.3 Å². The molecule has 3 heterocycles. The Bertz CT molecular complexity index is 969. The number of amides is 1. The third kappa shape index (κ3) is 5.20. The third-order valence-corrected chi connectivity index (χ3v) is 7.50. The lowest BCUT2D eigenvalue weighted by Gasteiger charge is -2.37. The second-order valence-corrected chi connectivity index (χ2v) is 9.94. The molecule has 0 aromatic heterocycles. The maximum absolute atomic E-state index is 13.3. The number of hydrogen-bond acceptors (Lipinski definition) is 5. The molecule has 2 fully saturated rings. The lowest BCUT2D eigenvalue weighted by Crippen LogP contribution is -3.07. The Labute approximate surface area is 204 Å². The Kier molecular flexibility index (Phi) is 7.91. The van der Waals surface area contributed by atoms with Crippen LogP contribution >= 0.6 is 15.9 Å². The average Bonchev–Trinajstić information content (AvgIpc) is 2.82. The lowest BCUT2D eigenvalue weighted by molar-refractivity contribution is -0.802.